The second-order valence-corrected chi connectivity index (χ2v) is 9.42. The van der Waals surface area contributed by atoms with E-state index in [9.17, 15) is 29.1 Å². The van der Waals surface area contributed by atoms with Crippen LogP contribution < -0.4 is 5.32 Å². The molecule has 0 unspecified atom stereocenters. The average Bonchev–Trinajstić information content (AvgIpc) is 2.54. The molecular weight excluding hydrogens is 410 g/mol. The summed E-state index contributed by atoms with van der Waals surface area (Å²) in [4.78, 5) is 62.1. The lowest BCUT2D eigenvalue weighted by Gasteiger charge is -2.29. The Balaban J connectivity index is 2.59. The predicted molar refractivity (Wildman–Crippen MR) is 88.8 cm³/mol. The number of hydrogen-bond acceptors (Lipinski definition) is 7. The number of rotatable bonds is 10. The molecule has 0 heterocycles. The summed E-state index contributed by atoms with van der Waals surface area (Å²) in [5, 5.41) is 17.6. The van der Waals surface area contributed by atoms with E-state index >= 15 is 0 Å². The Bertz CT molecular complexity index is 748. The van der Waals surface area contributed by atoms with Gasteiger partial charge in [0.25, 0.3) is 16.1 Å². The van der Waals surface area contributed by atoms with Gasteiger partial charge in [-0.1, -0.05) is 12.1 Å². The van der Waals surface area contributed by atoms with Crippen LogP contribution in [0.3, 0.4) is 0 Å². The molecule has 0 radical (unpaired) electrons. The van der Waals surface area contributed by atoms with Crippen molar-refractivity contribution in [3.05, 3.63) is 45.5 Å². The highest BCUT2D eigenvalue weighted by Gasteiger charge is 2.58. The zero-order chi connectivity index (χ0) is 20.9. The van der Waals surface area contributed by atoms with Gasteiger partial charge in [-0.15, -0.1) is 10.1 Å². The largest absolute Gasteiger partial charge is 0.369 e. The number of benzene rings is 1. The molecule has 0 bridgehead atoms. The van der Waals surface area contributed by atoms with Crippen LogP contribution in [-0.2, 0) is 20.6 Å². The molecular formula is C12H18N2O11P2. The van der Waals surface area contributed by atoms with Gasteiger partial charge in [0.05, 0.1) is 0 Å². The van der Waals surface area contributed by atoms with Crippen molar-refractivity contribution in [1.29, 1.82) is 0 Å². The van der Waals surface area contributed by atoms with Crippen molar-refractivity contribution < 1.29 is 48.5 Å². The van der Waals surface area contributed by atoms with Crippen LogP contribution in [0.4, 0.5) is 0 Å². The zero-order valence-corrected chi connectivity index (χ0v) is 15.5. The monoisotopic (exact) mass is 428 g/mol. The molecule has 1 rings (SSSR count). The van der Waals surface area contributed by atoms with Gasteiger partial charge in [0.2, 0.25) is 0 Å². The molecule has 0 fully saturated rings. The summed E-state index contributed by atoms with van der Waals surface area (Å²) < 4.78 is 22.4. The predicted octanol–water partition coefficient (Wildman–Crippen LogP) is -0.0936. The van der Waals surface area contributed by atoms with E-state index < -0.39 is 37.7 Å². The molecule has 6 N–H and O–H groups in total. The number of carbonyl (C=O) groups is 1. The van der Waals surface area contributed by atoms with Crippen molar-refractivity contribution in [1.82, 2.24) is 5.32 Å². The van der Waals surface area contributed by atoms with Gasteiger partial charge in [-0.3, -0.25) is 13.9 Å². The number of aliphatic hydroxyl groups is 1. The molecule has 15 heteroatoms. The molecule has 1 amide bonds. The number of carbonyl (C=O) groups excluding carboxylic acids is 1. The summed E-state index contributed by atoms with van der Waals surface area (Å²) in [6, 6.07) is 5.54. The first-order valence-corrected chi connectivity index (χ1v) is 10.5. The number of nitrogens with zero attached hydrogens (tertiary/aromatic N) is 1. The van der Waals surface area contributed by atoms with E-state index in [-0.39, 0.29) is 25.1 Å². The van der Waals surface area contributed by atoms with Crippen LogP contribution in [0, 0.1) is 10.1 Å². The standard InChI is InChI=1S/C12H18N2O11P2/c15-11(10-4-2-9(3-5-10)8-25-14(17)18)13-7-1-6-12(16,26(19,20)21)27(22,23)24/h2-5,16H,1,6-8H2,(H,13,15)(H2,19,20,21)(H2,22,23,24). The van der Waals surface area contributed by atoms with Crippen LogP contribution in [-0.4, -0.2) is 47.3 Å². The Morgan fingerprint density at radius 2 is 1.67 bits per heavy atom. The van der Waals surface area contributed by atoms with Crippen LogP contribution in [0.1, 0.15) is 28.8 Å². The van der Waals surface area contributed by atoms with Gasteiger partial charge in [0.15, 0.2) is 0 Å². The molecule has 0 saturated carbocycles. The quantitative estimate of drug-likeness (QED) is 0.125. The van der Waals surface area contributed by atoms with E-state index in [2.05, 4.69) is 10.2 Å². The van der Waals surface area contributed by atoms with Gasteiger partial charge in [-0.05, 0) is 24.1 Å². The maximum atomic E-state index is 11.9. The topological polar surface area (TPSA) is 217 Å². The number of amides is 1. The molecule has 0 aliphatic heterocycles. The van der Waals surface area contributed by atoms with Crippen molar-refractivity contribution in [3.63, 3.8) is 0 Å². The van der Waals surface area contributed by atoms with Gasteiger partial charge < -0.3 is 34.8 Å². The molecule has 0 aliphatic carbocycles. The highest BCUT2D eigenvalue weighted by atomic mass is 31.2. The van der Waals surface area contributed by atoms with Crippen LogP contribution in [0.25, 0.3) is 0 Å². The van der Waals surface area contributed by atoms with Crippen molar-refractivity contribution in [2.24, 2.45) is 0 Å². The molecule has 27 heavy (non-hydrogen) atoms. The van der Waals surface area contributed by atoms with Crippen molar-refractivity contribution in [3.8, 4) is 0 Å². The third-order valence-corrected chi connectivity index (χ3v) is 7.34. The molecule has 0 aliphatic rings. The van der Waals surface area contributed by atoms with Gasteiger partial charge in [0.1, 0.15) is 6.61 Å². The van der Waals surface area contributed by atoms with Crippen molar-refractivity contribution in [2.75, 3.05) is 6.54 Å². The second-order valence-electron chi connectivity index (χ2n) is 5.42. The van der Waals surface area contributed by atoms with E-state index in [4.69, 9.17) is 19.6 Å². The lowest BCUT2D eigenvalue weighted by atomic mass is 10.1. The van der Waals surface area contributed by atoms with Gasteiger partial charge in [0, 0.05) is 18.5 Å². The number of hydrogen-bond donors (Lipinski definition) is 6. The average molecular weight is 428 g/mol. The molecule has 0 saturated heterocycles. The minimum Gasteiger partial charge on any atom is -0.368 e. The maximum absolute atomic E-state index is 11.9. The lowest BCUT2D eigenvalue weighted by molar-refractivity contribution is -0.763. The van der Waals surface area contributed by atoms with E-state index in [0.29, 0.717) is 5.56 Å². The lowest BCUT2D eigenvalue weighted by Crippen LogP contribution is -2.31. The Morgan fingerprint density at radius 1 is 1.15 bits per heavy atom. The molecule has 1 aromatic rings. The van der Waals surface area contributed by atoms with Crippen LogP contribution >= 0.6 is 15.2 Å². The SMILES string of the molecule is O=C(NCCCC(O)(P(=O)(O)O)P(=O)(O)O)c1ccc(CO[N+](=O)[O-])cc1. The maximum Gasteiger partial charge on any atom is 0.369 e. The Labute approximate surface area is 152 Å². The van der Waals surface area contributed by atoms with E-state index in [1.54, 1.807) is 0 Å². The van der Waals surface area contributed by atoms with E-state index in [1.807, 2.05) is 0 Å². The summed E-state index contributed by atoms with van der Waals surface area (Å²) in [6.07, 6.45) is -1.27. The molecule has 0 aromatic heterocycles. The molecule has 152 valence electrons. The van der Waals surface area contributed by atoms with Gasteiger partial charge >= 0.3 is 15.2 Å². The number of nitrogens with one attached hydrogen (secondary N) is 1. The van der Waals surface area contributed by atoms with Crippen LogP contribution in [0.15, 0.2) is 24.3 Å². The molecule has 0 spiro atoms. The first-order chi connectivity index (χ1) is 12.3. The smallest absolute Gasteiger partial charge is 0.368 e. The molecule has 1 aromatic carbocycles. The fraction of sp³-hybridized carbons (Fsp3) is 0.417. The first-order valence-electron chi connectivity index (χ1n) is 7.26. The Morgan fingerprint density at radius 3 is 2.11 bits per heavy atom. The fourth-order valence-corrected chi connectivity index (χ4v) is 4.23. The zero-order valence-electron chi connectivity index (χ0n) is 13.7. The Hall–Kier alpha value is -1.85. The third kappa shape index (κ3) is 6.36. The minimum atomic E-state index is -5.53. The second kappa shape index (κ2) is 8.89. The Kier molecular flexibility index (Phi) is 7.64. The minimum absolute atomic E-state index is 0.167. The summed E-state index contributed by atoms with van der Waals surface area (Å²) in [5.74, 6) is -0.604. The summed E-state index contributed by atoms with van der Waals surface area (Å²) in [5.41, 5.74) is 0.608. The summed E-state index contributed by atoms with van der Waals surface area (Å²) in [7, 11) is -11.1. The summed E-state index contributed by atoms with van der Waals surface area (Å²) in [6.45, 7) is -0.522. The van der Waals surface area contributed by atoms with Gasteiger partial charge in [-0.2, -0.15) is 0 Å². The molecule has 0 atom stereocenters. The van der Waals surface area contributed by atoms with Crippen LogP contribution in [0.2, 0.25) is 0 Å². The normalized spacial score (nSPS) is 12.5. The van der Waals surface area contributed by atoms with Crippen molar-refractivity contribution in [2.45, 2.75) is 24.5 Å². The summed E-state index contributed by atoms with van der Waals surface area (Å²) >= 11 is 0. The van der Waals surface area contributed by atoms with Gasteiger partial charge in [-0.25, -0.2) is 0 Å². The van der Waals surface area contributed by atoms with E-state index in [1.165, 1.54) is 24.3 Å². The third-order valence-electron chi connectivity index (χ3n) is 3.46. The first kappa shape index (κ1) is 23.2. The fourth-order valence-electron chi connectivity index (χ4n) is 1.97. The van der Waals surface area contributed by atoms with Crippen molar-refractivity contribution >= 4 is 21.1 Å². The highest BCUT2D eigenvalue weighted by Crippen LogP contribution is 2.69. The van der Waals surface area contributed by atoms with Crippen LogP contribution in [0.5, 0.6) is 0 Å². The molecule has 13 nitrogen and oxygen atoms in total. The van der Waals surface area contributed by atoms with E-state index in [0.717, 1.165) is 0 Å². The highest BCUT2D eigenvalue weighted by molar-refractivity contribution is 7.72.